The van der Waals surface area contributed by atoms with Crippen LogP contribution in [-0.4, -0.2) is 38.7 Å². The highest BCUT2D eigenvalue weighted by atomic mass is 79.9. The van der Waals surface area contributed by atoms with Crippen LogP contribution in [0.1, 0.15) is 27.0 Å². The first-order valence-electron chi connectivity index (χ1n) is 10.9. The van der Waals surface area contributed by atoms with E-state index in [1.165, 1.54) is 11.8 Å². The minimum Gasteiger partial charge on any atom is -0.480 e. The Morgan fingerprint density at radius 1 is 1.03 bits per heavy atom. The molecule has 1 atom stereocenters. The lowest BCUT2D eigenvalue weighted by Gasteiger charge is -2.25. The summed E-state index contributed by atoms with van der Waals surface area (Å²) in [7, 11) is 0. The first kappa shape index (κ1) is 25.1. The van der Waals surface area contributed by atoms with Crippen LogP contribution < -0.4 is 0 Å². The summed E-state index contributed by atoms with van der Waals surface area (Å²) in [6.45, 7) is 0.468. The number of carbonyl (C=O) groups excluding carboxylic acids is 1. The van der Waals surface area contributed by atoms with Crippen LogP contribution in [0.15, 0.2) is 94.3 Å². The number of allylic oxidation sites excluding steroid dienone is 1. The van der Waals surface area contributed by atoms with E-state index >= 15 is 0 Å². The molecule has 0 saturated carbocycles. The standard InChI is InChI=1S/C28H22BrNO3S2/c29-23-8-4-7-22(17-23)26(31)14-13-19-9-11-21(12-10-19)15-24-18-30(28(34)35-24)25(27(32)33)16-20-5-2-1-3-6-20/h1-15,17,25H,16,18H2,(H,32,33)/b14-13+,24-15?. The molecule has 1 saturated heterocycles. The van der Waals surface area contributed by atoms with Gasteiger partial charge in [-0.3, -0.25) is 4.79 Å². The summed E-state index contributed by atoms with van der Waals surface area (Å²) in [6.07, 6.45) is 5.78. The minimum absolute atomic E-state index is 0.0584. The second-order valence-corrected chi connectivity index (χ2v) is 10.7. The highest BCUT2D eigenvalue weighted by Crippen LogP contribution is 2.33. The van der Waals surface area contributed by atoms with Crippen molar-refractivity contribution in [1.82, 2.24) is 4.90 Å². The summed E-state index contributed by atoms with van der Waals surface area (Å²) in [6, 6.07) is 24.0. The number of carbonyl (C=O) groups is 2. The quantitative estimate of drug-likeness (QED) is 0.186. The van der Waals surface area contributed by atoms with Crippen molar-refractivity contribution < 1.29 is 14.7 Å². The maximum atomic E-state index is 12.4. The van der Waals surface area contributed by atoms with Gasteiger partial charge in [0.1, 0.15) is 10.4 Å². The molecule has 35 heavy (non-hydrogen) atoms. The number of carboxylic acids is 1. The normalized spacial score (nSPS) is 15.6. The highest BCUT2D eigenvalue weighted by molar-refractivity contribution is 9.10. The lowest BCUT2D eigenvalue weighted by atomic mass is 10.0. The number of nitrogens with zero attached hydrogens (tertiary/aromatic N) is 1. The van der Waals surface area contributed by atoms with Crippen molar-refractivity contribution in [3.63, 3.8) is 0 Å². The van der Waals surface area contributed by atoms with Gasteiger partial charge < -0.3 is 10.0 Å². The van der Waals surface area contributed by atoms with Crippen molar-refractivity contribution in [2.24, 2.45) is 0 Å². The van der Waals surface area contributed by atoms with E-state index in [9.17, 15) is 14.7 Å². The van der Waals surface area contributed by atoms with Gasteiger partial charge in [0.05, 0.1) is 6.54 Å². The average Bonchev–Trinajstić information content (AvgIpc) is 3.21. The number of aliphatic carboxylic acids is 1. The van der Waals surface area contributed by atoms with Gasteiger partial charge in [-0.2, -0.15) is 0 Å². The summed E-state index contributed by atoms with van der Waals surface area (Å²) in [4.78, 5) is 27.1. The van der Waals surface area contributed by atoms with E-state index < -0.39 is 12.0 Å². The maximum Gasteiger partial charge on any atom is 0.326 e. The third-order valence-corrected chi connectivity index (χ3v) is 7.41. The van der Waals surface area contributed by atoms with Crippen LogP contribution in [0.25, 0.3) is 12.2 Å². The SMILES string of the molecule is O=C(/C=C/c1ccc(C=C2CN(C(Cc3ccccc3)C(=O)O)C(=S)S2)cc1)c1cccc(Br)c1. The molecule has 1 fully saturated rings. The number of ketones is 1. The second-order valence-electron chi connectivity index (χ2n) is 8.02. The molecule has 0 amide bonds. The van der Waals surface area contributed by atoms with Crippen molar-refractivity contribution in [2.75, 3.05) is 6.54 Å². The number of hydrogen-bond donors (Lipinski definition) is 1. The van der Waals surface area contributed by atoms with Crippen molar-refractivity contribution in [3.8, 4) is 0 Å². The molecule has 4 nitrogen and oxygen atoms in total. The summed E-state index contributed by atoms with van der Waals surface area (Å²) in [5.74, 6) is -0.941. The first-order valence-corrected chi connectivity index (χ1v) is 12.9. The second kappa shape index (κ2) is 11.6. The van der Waals surface area contributed by atoms with Gasteiger partial charge in [-0.15, -0.1) is 0 Å². The van der Waals surface area contributed by atoms with Gasteiger partial charge in [-0.1, -0.05) is 113 Å². The zero-order chi connectivity index (χ0) is 24.8. The number of hydrogen-bond acceptors (Lipinski definition) is 4. The smallest absolute Gasteiger partial charge is 0.326 e. The molecular formula is C28H22BrNO3S2. The molecule has 1 N–H and O–H groups in total. The molecule has 4 rings (SSSR count). The predicted molar refractivity (Wildman–Crippen MR) is 150 cm³/mol. The monoisotopic (exact) mass is 563 g/mol. The Labute approximate surface area is 222 Å². The van der Waals surface area contributed by atoms with E-state index in [0.29, 0.717) is 22.8 Å². The Morgan fingerprint density at radius 2 is 1.74 bits per heavy atom. The molecule has 1 aliphatic heterocycles. The van der Waals surface area contributed by atoms with Gasteiger partial charge in [0.2, 0.25) is 0 Å². The van der Waals surface area contributed by atoms with E-state index in [4.69, 9.17) is 12.2 Å². The average molecular weight is 565 g/mol. The zero-order valence-electron chi connectivity index (χ0n) is 18.6. The Hall–Kier alpha value is -3.00. The Kier molecular flexibility index (Phi) is 8.33. The highest BCUT2D eigenvalue weighted by Gasteiger charge is 2.33. The van der Waals surface area contributed by atoms with E-state index in [1.807, 2.05) is 72.8 Å². The van der Waals surface area contributed by atoms with Crippen LogP contribution in [-0.2, 0) is 11.2 Å². The number of thiocarbonyl (C=S) groups is 1. The van der Waals surface area contributed by atoms with Gasteiger partial charge in [0, 0.05) is 21.4 Å². The third-order valence-electron chi connectivity index (χ3n) is 5.51. The number of thioether (sulfide) groups is 1. The van der Waals surface area contributed by atoms with Crippen LogP contribution in [0.3, 0.4) is 0 Å². The molecule has 1 heterocycles. The number of rotatable bonds is 8. The minimum atomic E-state index is -0.883. The summed E-state index contributed by atoms with van der Waals surface area (Å²) in [5.41, 5.74) is 3.50. The van der Waals surface area contributed by atoms with Crippen LogP contribution in [0.2, 0.25) is 0 Å². The van der Waals surface area contributed by atoms with Gasteiger partial charge in [0.15, 0.2) is 5.78 Å². The molecule has 0 aromatic heterocycles. The lowest BCUT2D eigenvalue weighted by Crippen LogP contribution is -2.42. The Balaban J connectivity index is 1.42. The topological polar surface area (TPSA) is 57.6 Å². The first-order chi connectivity index (χ1) is 16.9. The summed E-state index contributed by atoms with van der Waals surface area (Å²) < 4.78 is 1.44. The van der Waals surface area contributed by atoms with E-state index in [1.54, 1.807) is 29.2 Å². The molecule has 176 valence electrons. The fraction of sp³-hybridized carbons (Fsp3) is 0.107. The van der Waals surface area contributed by atoms with Crippen LogP contribution in [0.5, 0.6) is 0 Å². The molecule has 1 unspecified atom stereocenters. The largest absolute Gasteiger partial charge is 0.480 e. The lowest BCUT2D eigenvalue weighted by molar-refractivity contribution is -0.141. The molecule has 0 radical (unpaired) electrons. The van der Waals surface area contributed by atoms with Gasteiger partial charge in [-0.05, 0) is 41.0 Å². The van der Waals surface area contributed by atoms with Crippen molar-refractivity contribution in [2.45, 2.75) is 12.5 Å². The summed E-state index contributed by atoms with van der Waals surface area (Å²) >= 11 is 10.3. The Morgan fingerprint density at radius 3 is 2.43 bits per heavy atom. The molecule has 1 aliphatic rings. The molecule has 0 bridgehead atoms. The van der Waals surface area contributed by atoms with Crippen molar-refractivity contribution in [1.29, 1.82) is 0 Å². The van der Waals surface area contributed by atoms with E-state index in [2.05, 4.69) is 15.9 Å². The zero-order valence-corrected chi connectivity index (χ0v) is 21.9. The number of carboxylic acid groups (broad SMARTS) is 1. The molecule has 0 aliphatic carbocycles. The predicted octanol–water partition coefficient (Wildman–Crippen LogP) is 6.72. The maximum absolute atomic E-state index is 12.4. The van der Waals surface area contributed by atoms with Gasteiger partial charge in [0.25, 0.3) is 0 Å². The molecule has 0 spiro atoms. The fourth-order valence-electron chi connectivity index (χ4n) is 3.72. The summed E-state index contributed by atoms with van der Waals surface area (Å²) in [5, 5.41) is 9.83. The van der Waals surface area contributed by atoms with Crippen molar-refractivity contribution in [3.05, 3.63) is 117 Å². The molecule has 3 aromatic carbocycles. The third kappa shape index (κ3) is 6.78. The van der Waals surface area contributed by atoms with Crippen LogP contribution in [0.4, 0.5) is 0 Å². The van der Waals surface area contributed by atoms with Crippen molar-refractivity contribution >= 4 is 68.1 Å². The molecule has 7 heteroatoms. The molecule has 3 aromatic rings. The van der Waals surface area contributed by atoms with Gasteiger partial charge >= 0.3 is 5.97 Å². The van der Waals surface area contributed by atoms with E-state index in [-0.39, 0.29) is 5.78 Å². The molecular weight excluding hydrogens is 542 g/mol. The van der Waals surface area contributed by atoms with Gasteiger partial charge in [-0.25, -0.2) is 4.79 Å². The number of halogens is 1. The fourth-order valence-corrected chi connectivity index (χ4v) is 5.56. The Bertz CT molecular complexity index is 1300. The van der Waals surface area contributed by atoms with E-state index in [0.717, 1.165) is 26.1 Å². The van der Waals surface area contributed by atoms with Crippen LogP contribution in [0, 0.1) is 0 Å². The van der Waals surface area contributed by atoms with Crippen LogP contribution >= 0.6 is 39.9 Å². The number of benzene rings is 3.